The van der Waals surface area contributed by atoms with Crippen LogP contribution in [0.2, 0.25) is 0 Å². The van der Waals surface area contributed by atoms with Crippen LogP contribution in [0.15, 0.2) is 24.4 Å². The number of aromatic nitrogens is 1. The van der Waals surface area contributed by atoms with Gasteiger partial charge >= 0.3 is 5.97 Å². The highest BCUT2D eigenvalue weighted by Gasteiger charge is 2.26. The van der Waals surface area contributed by atoms with Gasteiger partial charge in [-0.1, -0.05) is 0 Å². The van der Waals surface area contributed by atoms with E-state index < -0.39 is 5.97 Å². The van der Waals surface area contributed by atoms with Crippen LogP contribution < -0.4 is 14.2 Å². The number of carbonyl (C=O) groups excluding carboxylic acids is 1. The molecule has 1 amide bonds. The third-order valence-electron chi connectivity index (χ3n) is 4.82. The number of hydrogen-bond acceptors (Lipinski definition) is 6. The zero-order valence-electron chi connectivity index (χ0n) is 16.0. The summed E-state index contributed by atoms with van der Waals surface area (Å²) in [5.41, 5.74) is 2.17. The number of hydrogen-bond donors (Lipinski definition) is 1. The first-order valence-corrected chi connectivity index (χ1v) is 8.79. The normalized spacial score (nSPS) is 13.3. The van der Waals surface area contributed by atoms with Gasteiger partial charge < -0.3 is 24.2 Å². The predicted molar refractivity (Wildman–Crippen MR) is 101 cm³/mol. The van der Waals surface area contributed by atoms with Crippen molar-refractivity contribution in [2.75, 3.05) is 34.4 Å². The van der Waals surface area contributed by atoms with Gasteiger partial charge in [0, 0.05) is 30.4 Å². The average Bonchev–Trinajstić information content (AvgIpc) is 2.94. The number of pyridine rings is 1. The summed E-state index contributed by atoms with van der Waals surface area (Å²) in [6, 6.07) is 4.74. The second-order valence-electron chi connectivity index (χ2n) is 6.31. The number of carboxylic acid groups (broad SMARTS) is 1. The van der Waals surface area contributed by atoms with E-state index in [-0.39, 0.29) is 11.6 Å². The van der Waals surface area contributed by atoms with Gasteiger partial charge in [0.15, 0.2) is 11.5 Å². The minimum absolute atomic E-state index is 0.153. The topological polar surface area (TPSA) is 98.2 Å². The number of fused-ring (bicyclic) bond motifs is 1. The highest BCUT2D eigenvalue weighted by Crippen LogP contribution is 2.43. The number of nitrogens with zero attached hydrogens (tertiary/aromatic N) is 2. The Balaban J connectivity index is 1.89. The van der Waals surface area contributed by atoms with Crippen molar-refractivity contribution in [2.45, 2.75) is 12.8 Å². The number of carboxylic acids is 1. The predicted octanol–water partition coefficient (Wildman–Crippen LogP) is 2.05. The van der Waals surface area contributed by atoms with Gasteiger partial charge in [0.1, 0.15) is 5.69 Å². The van der Waals surface area contributed by atoms with Crippen molar-refractivity contribution in [3.05, 3.63) is 46.8 Å². The van der Waals surface area contributed by atoms with Crippen LogP contribution in [-0.4, -0.2) is 61.3 Å². The molecule has 1 N–H and O–H groups in total. The number of carbonyl (C=O) groups is 2. The summed E-state index contributed by atoms with van der Waals surface area (Å²) < 4.78 is 16.4. The van der Waals surface area contributed by atoms with Crippen LogP contribution in [0.25, 0.3) is 0 Å². The molecule has 0 fully saturated rings. The lowest BCUT2D eigenvalue weighted by Crippen LogP contribution is -2.33. The van der Waals surface area contributed by atoms with Crippen LogP contribution in [0.3, 0.4) is 0 Å². The molecule has 148 valence electrons. The van der Waals surface area contributed by atoms with Gasteiger partial charge in [0.05, 0.1) is 21.3 Å². The molecule has 0 spiro atoms. The second kappa shape index (κ2) is 8.16. The van der Waals surface area contributed by atoms with E-state index in [1.54, 1.807) is 26.2 Å². The lowest BCUT2D eigenvalue weighted by Gasteiger charge is -2.20. The van der Waals surface area contributed by atoms with E-state index in [0.29, 0.717) is 48.7 Å². The summed E-state index contributed by atoms with van der Waals surface area (Å²) in [7, 11) is 4.71. The Morgan fingerprint density at radius 1 is 1.04 bits per heavy atom. The first-order chi connectivity index (χ1) is 13.5. The number of ether oxygens (including phenoxy) is 3. The minimum Gasteiger partial charge on any atom is -0.493 e. The quantitative estimate of drug-likeness (QED) is 0.840. The monoisotopic (exact) mass is 386 g/mol. The van der Waals surface area contributed by atoms with E-state index in [1.165, 1.54) is 18.3 Å². The Bertz CT molecular complexity index is 912. The maximum absolute atomic E-state index is 12.9. The van der Waals surface area contributed by atoms with Crippen molar-refractivity contribution in [1.29, 1.82) is 0 Å². The molecule has 0 aliphatic carbocycles. The lowest BCUT2D eigenvalue weighted by molar-refractivity contribution is 0.0690. The second-order valence-corrected chi connectivity index (χ2v) is 6.31. The molecule has 28 heavy (non-hydrogen) atoms. The Kier molecular flexibility index (Phi) is 5.67. The molecule has 3 rings (SSSR count). The SMILES string of the molecule is COc1cc2c(c(OC)c1OC)CCN(C(=O)c1ccnc(C(=O)O)c1)CC2. The molecule has 0 bridgehead atoms. The molecule has 1 aliphatic heterocycles. The molecule has 8 nitrogen and oxygen atoms in total. The van der Waals surface area contributed by atoms with Crippen molar-refractivity contribution < 1.29 is 28.9 Å². The number of aromatic carboxylic acids is 1. The Labute approximate surface area is 162 Å². The van der Waals surface area contributed by atoms with Crippen molar-refractivity contribution in [3.63, 3.8) is 0 Å². The van der Waals surface area contributed by atoms with E-state index in [1.807, 2.05) is 6.07 Å². The smallest absolute Gasteiger partial charge is 0.354 e. The fourth-order valence-electron chi connectivity index (χ4n) is 3.44. The molecule has 0 unspecified atom stereocenters. The van der Waals surface area contributed by atoms with Crippen molar-refractivity contribution in [1.82, 2.24) is 9.88 Å². The molecule has 0 atom stereocenters. The molecule has 1 aliphatic rings. The lowest BCUT2D eigenvalue weighted by atomic mass is 10.0. The number of benzene rings is 1. The number of methoxy groups -OCH3 is 3. The maximum Gasteiger partial charge on any atom is 0.354 e. The molecule has 0 saturated carbocycles. The summed E-state index contributed by atoms with van der Waals surface area (Å²) >= 11 is 0. The zero-order chi connectivity index (χ0) is 20.3. The molecule has 1 aromatic carbocycles. The fourth-order valence-corrected chi connectivity index (χ4v) is 3.44. The summed E-state index contributed by atoms with van der Waals surface area (Å²) in [6.45, 7) is 0.970. The summed E-state index contributed by atoms with van der Waals surface area (Å²) in [4.78, 5) is 29.5. The van der Waals surface area contributed by atoms with Crippen LogP contribution in [0.5, 0.6) is 17.2 Å². The van der Waals surface area contributed by atoms with Gasteiger partial charge in [-0.25, -0.2) is 9.78 Å². The zero-order valence-corrected chi connectivity index (χ0v) is 16.0. The molecule has 0 radical (unpaired) electrons. The number of amides is 1. The Morgan fingerprint density at radius 2 is 1.75 bits per heavy atom. The highest BCUT2D eigenvalue weighted by molar-refractivity contribution is 5.96. The third kappa shape index (κ3) is 3.58. The third-order valence-corrected chi connectivity index (χ3v) is 4.82. The van der Waals surface area contributed by atoms with E-state index in [2.05, 4.69) is 4.98 Å². The van der Waals surface area contributed by atoms with Gasteiger partial charge in [-0.2, -0.15) is 0 Å². The maximum atomic E-state index is 12.9. The van der Waals surface area contributed by atoms with Crippen molar-refractivity contribution >= 4 is 11.9 Å². The van der Waals surface area contributed by atoms with E-state index in [4.69, 9.17) is 19.3 Å². The molecule has 0 saturated heterocycles. The van der Waals surface area contributed by atoms with Crippen molar-refractivity contribution in [3.8, 4) is 17.2 Å². The summed E-state index contributed by atoms with van der Waals surface area (Å²) in [5, 5.41) is 9.10. The molecule has 1 aromatic heterocycles. The molecule has 2 aromatic rings. The van der Waals surface area contributed by atoms with Gasteiger partial charge in [0.2, 0.25) is 5.75 Å². The van der Waals surface area contributed by atoms with Gasteiger partial charge in [-0.3, -0.25) is 4.79 Å². The van der Waals surface area contributed by atoms with Crippen LogP contribution in [0.1, 0.15) is 32.0 Å². The Hall–Kier alpha value is -3.29. The van der Waals surface area contributed by atoms with E-state index >= 15 is 0 Å². The Morgan fingerprint density at radius 3 is 2.39 bits per heavy atom. The van der Waals surface area contributed by atoms with Crippen LogP contribution in [0.4, 0.5) is 0 Å². The largest absolute Gasteiger partial charge is 0.493 e. The van der Waals surface area contributed by atoms with Gasteiger partial charge in [-0.15, -0.1) is 0 Å². The number of rotatable bonds is 5. The fraction of sp³-hybridized carbons (Fsp3) is 0.350. The molecule has 2 heterocycles. The molecular formula is C20H22N2O6. The van der Waals surface area contributed by atoms with Gasteiger partial charge in [0.25, 0.3) is 5.91 Å². The summed E-state index contributed by atoms with van der Waals surface area (Å²) in [6.07, 6.45) is 2.54. The van der Waals surface area contributed by atoms with E-state index in [9.17, 15) is 9.59 Å². The average molecular weight is 386 g/mol. The standard InChI is InChI=1S/C20H22N2O6/c1-26-16-11-12-5-8-22(9-6-14(12)17(27-2)18(16)28-3)19(23)13-4-7-21-15(10-13)20(24)25/h4,7,10-11H,5-6,8-9H2,1-3H3,(H,24,25). The van der Waals surface area contributed by atoms with Crippen molar-refractivity contribution in [2.24, 2.45) is 0 Å². The minimum atomic E-state index is -1.16. The van der Waals surface area contributed by atoms with E-state index in [0.717, 1.165) is 11.1 Å². The molecule has 8 heteroatoms. The van der Waals surface area contributed by atoms with Crippen LogP contribution >= 0.6 is 0 Å². The molecular weight excluding hydrogens is 364 g/mol. The first-order valence-electron chi connectivity index (χ1n) is 8.79. The van der Waals surface area contributed by atoms with Crippen LogP contribution in [-0.2, 0) is 12.8 Å². The van der Waals surface area contributed by atoms with Gasteiger partial charge in [-0.05, 0) is 36.6 Å². The first kappa shape index (κ1) is 19.5. The highest BCUT2D eigenvalue weighted by atomic mass is 16.5. The van der Waals surface area contributed by atoms with Crippen LogP contribution in [0, 0.1) is 0 Å². The summed E-state index contributed by atoms with van der Waals surface area (Å²) in [5.74, 6) is 0.336.